The highest BCUT2D eigenvalue weighted by atomic mass is 16.7. The Balaban J connectivity index is 2.02. The maximum absolute atomic E-state index is 10.3. The maximum Gasteiger partial charge on any atom is 0.231 e. The summed E-state index contributed by atoms with van der Waals surface area (Å²) < 4.78 is 10.6. The van der Waals surface area contributed by atoms with E-state index in [-0.39, 0.29) is 6.79 Å². The van der Waals surface area contributed by atoms with Gasteiger partial charge in [0.05, 0.1) is 6.10 Å². The Morgan fingerprint density at radius 3 is 2.58 bits per heavy atom. The molecule has 0 aliphatic carbocycles. The lowest BCUT2D eigenvalue weighted by atomic mass is 10.0. The van der Waals surface area contributed by atoms with Gasteiger partial charge in [0.2, 0.25) is 6.79 Å². The molecule has 1 N–H and O–H groups in total. The second-order valence-corrected chi connectivity index (χ2v) is 5.55. The molecule has 2 unspecified atom stereocenters. The zero-order valence-corrected chi connectivity index (χ0v) is 12.1. The van der Waals surface area contributed by atoms with Crippen LogP contribution >= 0.6 is 0 Å². The van der Waals surface area contributed by atoms with Crippen LogP contribution in [0.2, 0.25) is 0 Å². The third-order valence-corrected chi connectivity index (χ3v) is 3.90. The van der Waals surface area contributed by atoms with Crippen LogP contribution in [0.25, 0.3) is 0 Å². The van der Waals surface area contributed by atoms with Crippen LogP contribution in [0.3, 0.4) is 0 Å². The molecule has 0 saturated carbocycles. The predicted molar refractivity (Wildman–Crippen MR) is 74.5 cm³/mol. The van der Waals surface area contributed by atoms with Gasteiger partial charge in [-0.3, -0.25) is 0 Å². The first kappa shape index (κ1) is 14.2. The lowest BCUT2D eigenvalue weighted by molar-refractivity contribution is 0.0953. The fourth-order valence-corrected chi connectivity index (χ4v) is 2.17. The quantitative estimate of drug-likeness (QED) is 0.888. The summed E-state index contributed by atoms with van der Waals surface area (Å²) in [5.74, 6) is 2.03. The largest absolute Gasteiger partial charge is 0.454 e. The number of hydrogen-bond acceptors (Lipinski definition) is 4. The molecular formula is C15H23NO3. The van der Waals surface area contributed by atoms with Crippen molar-refractivity contribution in [3.05, 3.63) is 23.8 Å². The SMILES string of the molecule is CC(C)C(C)N(C)CC(O)c1ccc2c(c1)OCO2. The first-order valence-corrected chi connectivity index (χ1v) is 6.77. The fraction of sp³-hybridized carbons (Fsp3) is 0.600. The van der Waals surface area contributed by atoms with E-state index in [1.807, 2.05) is 25.2 Å². The van der Waals surface area contributed by atoms with Crippen LogP contribution in [0, 0.1) is 5.92 Å². The molecule has 1 aliphatic rings. The standard InChI is InChI=1S/C15H23NO3/c1-10(2)11(3)16(4)8-13(17)12-5-6-14-15(7-12)19-9-18-14/h5-7,10-11,13,17H,8-9H2,1-4H3. The summed E-state index contributed by atoms with van der Waals surface area (Å²) in [6, 6.07) is 6.04. The number of hydrogen-bond donors (Lipinski definition) is 1. The lowest BCUT2D eigenvalue weighted by Crippen LogP contribution is -2.36. The Bertz CT molecular complexity index is 433. The first-order valence-electron chi connectivity index (χ1n) is 6.77. The minimum absolute atomic E-state index is 0.263. The van der Waals surface area contributed by atoms with Crippen LogP contribution in [-0.2, 0) is 0 Å². The van der Waals surface area contributed by atoms with Crippen LogP contribution in [0.15, 0.2) is 18.2 Å². The molecule has 0 aromatic heterocycles. The van der Waals surface area contributed by atoms with Crippen LogP contribution in [0.4, 0.5) is 0 Å². The molecule has 2 rings (SSSR count). The van der Waals surface area contributed by atoms with E-state index in [1.54, 1.807) is 0 Å². The van der Waals surface area contributed by atoms with E-state index >= 15 is 0 Å². The van der Waals surface area contributed by atoms with E-state index < -0.39 is 6.10 Å². The molecule has 1 aromatic rings. The number of benzene rings is 1. The average Bonchev–Trinajstić information content (AvgIpc) is 2.84. The topological polar surface area (TPSA) is 41.9 Å². The van der Waals surface area contributed by atoms with Crippen molar-refractivity contribution in [2.75, 3.05) is 20.4 Å². The second-order valence-electron chi connectivity index (χ2n) is 5.55. The van der Waals surface area contributed by atoms with Crippen LogP contribution in [0.1, 0.15) is 32.4 Å². The van der Waals surface area contributed by atoms with Crippen LogP contribution in [0.5, 0.6) is 11.5 Å². The summed E-state index contributed by atoms with van der Waals surface area (Å²) in [6.07, 6.45) is -0.513. The molecule has 1 heterocycles. The van der Waals surface area contributed by atoms with Crippen LogP contribution < -0.4 is 9.47 Å². The molecule has 1 aliphatic heterocycles. The maximum atomic E-state index is 10.3. The Morgan fingerprint density at radius 1 is 1.21 bits per heavy atom. The molecule has 4 nitrogen and oxygen atoms in total. The Morgan fingerprint density at radius 2 is 1.89 bits per heavy atom. The van der Waals surface area contributed by atoms with Gasteiger partial charge < -0.3 is 19.5 Å². The first-order chi connectivity index (χ1) is 8.99. The number of aliphatic hydroxyl groups is 1. The number of aliphatic hydroxyl groups excluding tert-OH is 1. The van der Waals surface area contributed by atoms with E-state index in [0.29, 0.717) is 18.5 Å². The van der Waals surface area contributed by atoms with Crippen molar-refractivity contribution >= 4 is 0 Å². The molecule has 1 aromatic carbocycles. The lowest BCUT2D eigenvalue weighted by Gasteiger charge is -2.29. The Hall–Kier alpha value is -1.26. The summed E-state index contributed by atoms with van der Waals surface area (Å²) in [6.45, 7) is 7.43. The predicted octanol–water partition coefficient (Wildman–Crippen LogP) is 2.43. The molecular weight excluding hydrogens is 242 g/mol. The van der Waals surface area contributed by atoms with Gasteiger partial charge in [-0.25, -0.2) is 0 Å². The van der Waals surface area contributed by atoms with Crippen molar-refractivity contribution in [1.29, 1.82) is 0 Å². The summed E-state index contributed by atoms with van der Waals surface area (Å²) in [5.41, 5.74) is 0.868. The second kappa shape index (κ2) is 5.80. The van der Waals surface area contributed by atoms with Crippen molar-refractivity contribution in [2.45, 2.75) is 32.9 Å². The highest BCUT2D eigenvalue weighted by Crippen LogP contribution is 2.34. The smallest absolute Gasteiger partial charge is 0.231 e. The molecule has 0 fully saturated rings. The molecule has 0 bridgehead atoms. The van der Waals surface area contributed by atoms with Gasteiger partial charge in [-0.15, -0.1) is 0 Å². The highest BCUT2D eigenvalue weighted by molar-refractivity contribution is 5.45. The van der Waals surface area contributed by atoms with Gasteiger partial charge in [0, 0.05) is 12.6 Å². The summed E-state index contributed by atoms with van der Waals surface area (Å²) >= 11 is 0. The minimum Gasteiger partial charge on any atom is -0.454 e. The van der Waals surface area contributed by atoms with Crippen molar-refractivity contribution in [3.8, 4) is 11.5 Å². The van der Waals surface area contributed by atoms with Gasteiger partial charge >= 0.3 is 0 Å². The Labute approximate surface area is 114 Å². The van der Waals surface area contributed by atoms with E-state index in [2.05, 4.69) is 25.7 Å². The number of rotatable bonds is 5. The van der Waals surface area contributed by atoms with E-state index in [0.717, 1.165) is 17.1 Å². The van der Waals surface area contributed by atoms with Gasteiger partial charge in [0.1, 0.15) is 0 Å². The van der Waals surface area contributed by atoms with E-state index in [9.17, 15) is 5.11 Å². The summed E-state index contributed by atoms with van der Waals surface area (Å²) in [7, 11) is 2.04. The zero-order chi connectivity index (χ0) is 14.0. The van der Waals surface area contributed by atoms with Crippen molar-refractivity contribution in [3.63, 3.8) is 0 Å². The normalized spacial score (nSPS) is 17.0. The fourth-order valence-electron chi connectivity index (χ4n) is 2.17. The van der Waals surface area contributed by atoms with Crippen molar-refractivity contribution < 1.29 is 14.6 Å². The van der Waals surface area contributed by atoms with Gasteiger partial charge in [0.15, 0.2) is 11.5 Å². The van der Waals surface area contributed by atoms with Crippen LogP contribution in [-0.4, -0.2) is 36.4 Å². The number of ether oxygens (including phenoxy) is 2. The average molecular weight is 265 g/mol. The molecule has 19 heavy (non-hydrogen) atoms. The monoisotopic (exact) mass is 265 g/mol. The van der Waals surface area contributed by atoms with E-state index in [1.165, 1.54) is 0 Å². The number of fused-ring (bicyclic) bond motifs is 1. The van der Waals surface area contributed by atoms with Gasteiger partial charge in [-0.1, -0.05) is 19.9 Å². The van der Waals surface area contributed by atoms with Crippen molar-refractivity contribution in [1.82, 2.24) is 4.90 Å². The van der Waals surface area contributed by atoms with Gasteiger partial charge in [0.25, 0.3) is 0 Å². The highest BCUT2D eigenvalue weighted by Gasteiger charge is 2.20. The molecule has 0 radical (unpaired) electrons. The molecule has 106 valence electrons. The molecule has 2 atom stereocenters. The summed E-state index contributed by atoms with van der Waals surface area (Å²) in [5, 5.41) is 10.3. The zero-order valence-electron chi connectivity index (χ0n) is 12.1. The molecule has 0 amide bonds. The molecule has 0 spiro atoms. The van der Waals surface area contributed by atoms with E-state index in [4.69, 9.17) is 9.47 Å². The summed E-state index contributed by atoms with van der Waals surface area (Å²) in [4.78, 5) is 2.18. The third-order valence-electron chi connectivity index (χ3n) is 3.90. The van der Waals surface area contributed by atoms with Gasteiger partial charge in [-0.05, 0) is 37.6 Å². The minimum atomic E-state index is -0.513. The number of nitrogens with zero attached hydrogens (tertiary/aromatic N) is 1. The number of likely N-dealkylation sites (N-methyl/N-ethyl adjacent to an activating group) is 1. The van der Waals surface area contributed by atoms with Gasteiger partial charge in [-0.2, -0.15) is 0 Å². The molecule has 0 saturated heterocycles. The van der Waals surface area contributed by atoms with Crippen molar-refractivity contribution in [2.24, 2.45) is 5.92 Å². The third kappa shape index (κ3) is 3.19. The molecule has 4 heteroatoms. The Kier molecular flexibility index (Phi) is 4.32.